The quantitative estimate of drug-likeness (QED) is 0.218. The van der Waals surface area contributed by atoms with E-state index >= 15 is 0 Å². The second-order valence-electron chi connectivity index (χ2n) is 11.2. The number of hydrogen-bond donors (Lipinski definition) is 0. The standard InChI is InChI=1S/C33H32Cl2F2N2O/c1-38(31-10-9-30(37)25-4-2-3-5-26(25)31)20-23(22-6-8-28(34)29(35)18-22)12-15-39-16-13-33(14-17-39)21-40-32-11-7-24(36)19-27(32)33/h2-11,18-19,23H,12-17,20-21H2,1H3/t23-/m1/s1. The number of rotatable bonds is 7. The topological polar surface area (TPSA) is 15.7 Å². The van der Waals surface area contributed by atoms with Crippen LogP contribution in [0.5, 0.6) is 5.75 Å². The van der Waals surface area contributed by atoms with E-state index in [0.717, 1.165) is 73.4 Å². The summed E-state index contributed by atoms with van der Waals surface area (Å²) in [6.07, 6.45) is 2.82. The Morgan fingerprint density at radius 1 is 0.925 bits per heavy atom. The zero-order valence-corrected chi connectivity index (χ0v) is 24.0. The molecular formula is C33H32Cl2F2N2O. The van der Waals surface area contributed by atoms with Crippen molar-refractivity contribution in [3.63, 3.8) is 0 Å². The van der Waals surface area contributed by atoms with Crippen LogP contribution in [0.25, 0.3) is 10.8 Å². The molecule has 6 rings (SSSR count). The van der Waals surface area contributed by atoms with Crippen LogP contribution < -0.4 is 9.64 Å². The summed E-state index contributed by atoms with van der Waals surface area (Å²) < 4.78 is 34.5. The van der Waals surface area contributed by atoms with Crippen molar-refractivity contribution < 1.29 is 13.5 Å². The number of hydrogen-bond acceptors (Lipinski definition) is 3. The van der Waals surface area contributed by atoms with Gasteiger partial charge in [0.1, 0.15) is 17.4 Å². The monoisotopic (exact) mass is 580 g/mol. The number of halogens is 4. The highest BCUT2D eigenvalue weighted by molar-refractivity contribution is 6.42. The third-order valence-electron chi connectivity index (χ3n) is 8.79. The van der Waals surface area contributed by atoms with Crippen molar-refractivity contribution in [3.05, 3.63) is 106 Å². The van der Waals surface area contributed by atoms with Gasteiger partial charge in [-0.1, -0.05) is 53.5 Å². The van der Waals surface area contributed by atoms with E-state index in [0.29, 0.717) is 22.0 Å². The second-order valence-corrected chi connectivity index (χ2v) is 12.0. The van der Waals surface area contributed by atoms with Gasteiger partial charge in [-0.3, -0.25) is 0 Å². The molecule has 1 atom stereocenters. The number of anilines is 1. The molecule has 0 aliphatic carbocycles. The van der Waals surface area contributed by atoms with Crippen LogP contribution in [-0.2, 0) is 5.41 Å². The molecule has 1 saturated heterocycles. The van der Waals surface area contributed by atoms with Crippen LogP contribution >= 0.6 is 23.2 Å². The minimum Gasteiger partial charge on any atom is -0.492 e. The summed E-state index contributed by atoms with van der Waals surface area (Å²) in [5.74, 6) is 0.596. The summed E-state index contributed by atoms with van der Waals surface area (Å²) in [5.41, 5.74) is 3.05. The van der Waals surface area contributed by atoms with E-state index in [2.05, 4.69) is 22.9 Å². The highest BCUT2D eigenvalue weighted by atomic mass is 35.5. The van der Waals surface area contributed by atoms with E-state index in [4.69, 9.17) is 27.9 Å². The molecule has 7 heteroatoms. The van der Waals surface area contributed by atoms with Gasteiger partial charge in [-0.15, -0.1) is 0 Å². The third-order valence-corrected chi connectivity index (χ3v) is 9.53. The fourth-order valence-corrected chi connectivity index (χ4v) is 6.74. The van der Waals surface area contributed by atoms with Crippen LogP contribution in [0.2, 0.25) is 10.0 Å². The summed E-state index contributed by atoms with van der Waals surface area (Å²) in [6, 6.07) is 21.8. The van der Waals surface area contributed by atoms with Crippen LogP contribution in [0, 0.1) is 11.6 Å². The molecule has 0 N–H and O–H groups in total. The Labute approximate surface area is 244 Å². The van der Waals surface area contributed by atoms with Gasteiger partial charge in [-0.05, 0) is 86.9 Å². The zero-order valence-electron chi connectivity index (χ0n) is 22.5. The number of ether oxygens (including phenoxy) is 1. The lowest BCUT2D eigenvalue weighted by atomic mass is 9.74. The van der Waals surface area contributed by atoms with Crippen LogP contribution in [0.1, 0.15) is 36.3 Å². The predicted molar refractivity (Wildman–Crippen MR) is 160 cm³/mol. The molecule has 3 nitrogen and oxygen atoms in total. The number of benzene rings is 4. The predicted octanol–water partition coefficient (Wildman–Crippen LogP) is 8.46. The summed E-state index contributed by atoms with van der Waals surface area (Å²) in [5, 5.41) is 2.61. The van der Waals surface area contributed by atoms with Crippen molar-refractivity contribution in [2.75, 3.05) is 44.7 Å². The van der Waals surface area contributed by atoms with Gasteiger partial charge >= 0.3 is 0 Å². The molecule has 40 heavy (non-hydrogen) atoms. The van der Waals surface area contributed by atoms with Crippen LogP contribution in [0.15, 0.2) is 72.8 Å². The lowest BCUT2D eigenvalue weighted by molar-refractivity contribution is 0.132. The molecule has 1 fully saturated rings. The average molecular weight is 582 g/mol. The van der Waals surface area contributed by atoms with Crippen molar-refractivity contribution >= 4 is 39.7 Å². The van der Waals surface area contributed by atoms with E-state index < -0.39 is 0 Å². The maximum atomic E-state index is 14.5. The fraction of sp³-hybridized carbons (Fsp3) is 0.333. The Bertz CT molecular complexity index is 1540. The maximum Gasteiger partial charge on any atom is 0.131 e. The molecular weight excluding hydrogens is 549 g/mol. The van der Waals surface area contributed by atoms with E-state index in [1.54, 1.807) is 18.2 Å². The molecule has 0 radical (unpaired) electrons. The summed E-state index contributed by atoms with van der Waals surface area (Å²) >= 11 is 12.7. The Morgan fingerprint density at radius 2 is 1.70 bits per heavy atom. The van der Waals surface area contributed by atoms with Crippen molar-refractivity contribution in [1.29, 1.82) is 0 Å². The molecule has 208 valence electrons. The molecule has 0 bridgehead atoms. The number of likely N-dealkylation sites (tertiary alicyclic amines) is 1. The number of piperidine rings is 1. The van der Waals surface area contributed by atoms with Gasteiger partial charge in [0, 0.05) is 46.9 Å². The van der Waals surface area contributed by atoms with E-state index in [1.165, 1.54) is 6.07 Å². The minimum absolute atomic E-state index is 0.0963. The third kappa shape index (κ3) is 5.27. The van der Waals surface area contributed by atoms with Crippen molar-refractivity contribution in [2.45, 2.75) is 30.6 Å². The summed E-state index contributed by atoms with van der Waals surface area (Å²) in [6.45, 7) is 4.17. The zero-order chi connectivity index (χ0) is 27.9. The van der Waals surface area contributed by atoms with Crippen LogP contribution in [0.3, 0.4) is 0 Å². The van der Waals surface area contributed by atoms with Crippen LogP contribution in [-0.4, -0.2) is 44.7 Å². The first kappa shape index (κ1) is 27.3. The van der Waals surface area contributed by atoms with Gasteiger partial charge in [-0.2, -0.15) is 0 Å². The van der Waals surface area contributed by atoms with Gasteiger partial charge in [0.2, 0.25) is 0 Å². The molecule has 2 heterocycles. The van der Waals surface area contributed by atoms with Crippen molar-refractivity contribution in [2.24, 2.45) is 0 Å². The first-order valence-electron chi connectivity index (χ1n) is 13.8. The molecule has 2 aliphatic rings. The summed E-state index contributed by atoms with van der Waals surface area (Å²) in [7, 11) is 2.06. The molecule has 1 spiro atoms. The molecule has 0 aromatic heterocycles. The van der Waals surface area contributed by atoms with Crippen LogP contribution in [0.4, 0.5) is 14.5 Å². The highest BCUT2D eigenvalue weighted by Crippen LogP contribution is 2.46. The van der Waals surface area contributed by atoms with Gasteiger partial charge in [0.15, 0.2) is 0 Å². The Morgan fingerprint density at radius 3 is 2.48 bits per heavy atom. The number of fused-ring (bicyclic) bond motifs is 3. The molecule has 4 aromatic carbocycles. The van der Waals surface area contributed by atoms with E-state index in [1.807, 2.05) is 42.5 Å². The lowest BCUT2D eigenvalue weighted by Gasteiger charge is -2.39. The first-order chi connectivity index (χ1) is 19.3. The SMILES string of the molecule is CN(C[C@@H](CCN1CCC2(CC1)COc1ccc(F)cc12)c1ccc(Cl)c(Cl)c1)c1ccc(F)c2ccccc12. The van der Waals surface area contributed by atoms with Gasteiger partial charge < -0.3 is 14.5 Å². The number of likely N-dealkylation sites (N-methyl/N-ethyl adjacent to an activating group) is 1. The van der Waals surface area contributed by atoms with Crippen molar-refractivity contribution in [1.82, 2.24) is 4.90 Å². The molecule has 0 amide bonds. The average Bonchev–Trinajstić information content (AvgIpc) is 3.30. The van der Waals surface area contributed by atoms with Gasteiger partial charge in [0.25, 0.3) is 0 Å². The molecule has 0 unspecified atom stereocenters. The Kier molecular flexibility index (Phi) is 7.64. The maximum absolute atomic E-state index is 14.5. The van der Waals surface area contributed by atoms with Crippen molar-refractivity contribution in [3.8, 4) is 5.75 Å². The molecule has 2 aliphatic heterocycles. The lowest BCUT2D eigenvalue weighted by Crippen LogP contribution is -2.44. The normalized spacial score (nSPS) is 17.1. The van der Waals surface area contributed by atoms with Gasteiger partial charge in [-0.25, -0.2) is 8.78 Å². The Balaban J connectivity index is 1.18. The summed E-state index contributed by atoms with van der Waals surface area (Å²) in [4.78, 5) is 4.71. The van der Waals surface area contributed by atoms with Gasteiger partial charge in [0.05, 0.1) is 16.7 Å². The largest absolute Gasteiger partial charge is 0.492 e. The number of nitrogens with zero attached hydrogens (tertiary/aromatic N) is 2. The minimum atomic E-state index is -0.213. The van der Waals surface area contributed by atoms with E-state index in [9.17, 15) is 8.78 Å². The Hall–Kier alpha value is -2.86. The second kappa shape index (κ2) is 11.2. The molecule has 0 saturated carbocycles. The fourth-order valence-electron chi connectivity index (χ4n) is 6.43. The highest BCUT2D eigenvalue weighted by Gasteiger charge is 2.43. The smallest absolute Gasteiger partial charge is 0.131 e. The molecule has 4 aromatic rings. The van der Waals surface area contributed by atoms with E-state index in [-0.39, 0.29) is 23.0 Å². The first-order valence-corrected chi connectivity index (χ1v) is 14.6.